The molecule has 23 heteroatoms. The van der Waals surface area contributed by atoms with Crippen LogP contribution in [0.4, 0.5) is 0 Å². The van der Waals surface area contributed by atoms with Gasteiger partial charge in [0.25, 0.3) is 0 Å². The summed E-state index contributed by atoms with van der Waals surface area (Å²) < 4.78 is 5.44. The van der Waals surface area contributed by atoms with Crippen LogP contribution in [0.2, 0.25) is 0 Å². The van der Waals surface area contributed by atoms with E-state index in [2.05, 4.69) is 292 Å². The van der Waals surface area contributed by atoms with Crippen LogP contribution in [0.3, 0.4) is 0 Å². The largest absolute Gasteiger partial charge is 2.00 e. The van der Waals surface area contributed by atoms with Crippen molar-refractivity contribution in [2.75, 3.05) is 14.1 Å². The number of hydrogen-bond acceptors (Lipinski definition) is 4. The van der Waals surface area contributed by atoms with E-state index in [0.29, 0.717) is 0 Å². The molecule has 1 aromatic heterocycles. The van der Waals surface area contributed by atoms with Gasteiger partial charge in [0.1, 0.15) is 32.6 Å². The first-order chi connectivity index (χ1) is 62.3. The quantitative estimate of drug-likeness (QED) is 0.0456. The molecule has 2 saturated carbocycles. The molecule has 26 atom stereocenters. The SMILES string of the molecule is C1CCCC1.CC(C)C(=C(C(C)C)[PH+]1[C@H](C)CC[C@H]1C)[PH+]1[C@H](C)CC[C@H]1C.CC(C)CC([PH+]1[C@H](C)CC[C@H]1C)[PH+]1[C@H](C)CC[C@H]1C.C[C@@H]1CC[C@@H](C)[PH+]1C1CCCC1[PH+]1[C@H](C)CC[C@H]1C.C[C@@H]1CC[C@@H](C)[PH+]1N(C)N(C)[PH+]1[C@H](C)CC[C@H]1C.C[C@@H]1CC[C@@H](C)[PH+]1c1cc2ccccc2cc1[PH+]1[C@H](C)CC[C@H]1C.C[C@@H]1CC[C@@H](C)[PH+]1c1nc2ccccc2nc1[PH+]1[C@H](C)CC[C@H]1C.[CH3-].[CH3-].[Cr].[Cr].[Cr].[Cr].[Cr].[Cr].[Fe+2]. The topological polar surface area (TPSA) is 32.3 Å². The fourth-order valence-electron chi connectivity index (χ4n) is 31.4. The van der Waals surface area contributed by atoms with Gasteiger partial charge in [-0.3, -0.25) is 0 Å². The van der Waals surface area contributed by atoms with E-state index >= 15 is 0 Å². The average Bonchev–Trinajstić information content (AvgIpc) is 1.55. The van der Waals surface area contributed by atoms with Gasteiger partial charge in [0.2, 0.25) is 10.9 Å². The maximum atomic E-state index is 5.28. The molecule has 18 rings (SSSR count). The molecule has 0 bridgehead atoms. The summed E-state index contributed by atoms with van der Waals surface area (Å²) in [5, 5.41) is 11.9. The van der Waals surface area contributed by atoms with Gasteiger partial charge in [0, 0.05) is 200 Å². The number of rotatable bonds is 17. The zero-order chi connectivity index (χ0) is 95.0. The standard InChI is InChI=1S/C22H30P2.C20H28N2P2.C20H38P2.C17H32P2.C17H34P2.C14H30N2P2.C5H10.2CH3.6Cr.Fe/c1-15-9-10-16(2)23(15)21-13-19-7-5-6-8-20(19)14-22(21)24-17(3)11-12-18(24)4;1-13-9-10-14(2)23(13)19-20(24-15(3)11-12-16(24)4)22-18-8-6-5-7-17(18)21-19;1-13(2)19(21-15(5)9-10-16(21)6)20(14(3)4)22-17(7)11-12-18(22)8;1-12-8-9-13(2)18(12)16-6-5-7-17(16)19-14(3)10-11-15(19)4;1-12(2)11-17(18-13(3)7-8-14(18)4)19-15(5)9-10-16(19)6;1-11-7-8-12(2)17(11)15(5)16(6)18-13(3)9-10-14(18)4;1-2-4-5-3-1;;;;;;;;;/h5-8,13-18H,9-12H2,1-4H3;5-8,13-16H,9-12H2,1-4H3;13-18H,9-12H2,1-8H3;12-17H,5-11H2,1-4H3;12-17H,7-11H2,1-6H3;11-14H,7-10H2,1-6H3;1-5H2;2*1H3;;;;;;;/q;;;;;;;2*-1;;;;;;;+2/p+12/t15-,16-,17-,18-;13-,14-,15-,16-;15-,16-,17-,18-;12-,13-,14-,15-,16?,17?;13-,14-,15-,16-;11-,12-,13-,14-;;;;;;;;;;/m111111........../s1. The molecule has 0 amide bonds. The van der Waals surface area contributed by atoms with E-state index in [9.17, 15) is 0 Å². The van der Waals surface area contributed by atoms with Crippen LogP contribution in [-0.4, -0.2) is 186 Å². The summed E-state index contributed by atoms with van der Waals surface area (Å²) >= 11 is 0. The predicted molar refractivity (Wildman–Crippen MR) is 653 cm³/mol. The minimum absolute atomic E-state index is 0. The molecular formula is C117H220Cr6FeN4P12+12. The molecule has 800 valence electrons. The van der Waals surface area contributed by atoms with Crippen LogP contribution in [0.15, 0.2) is 71.3 Å². The minimum Gasteiger partial charge on any atom is -0.358 e. The fraction of sp³-hybridized carbons (Fsp3) is 0.812. The van der Waals surface area contributed by atoms with Gasteiger partial charge in [-0.1, -0.05) is 120 Å². The monoisotopic (exact) mass is 2420 g/mol. The number of benzene rings is 3. The van der Waals surface area contributed by atoms with Gasteiger partial charge in [-0.15, -0.1) is 0 Å². The third-order valence-corrected chi connectivity index (χ3v) is 88.5. The van der Waals surface area contributed by atoms with Gasteiger partial charge in [-0.2, -0.15) is 0 Å². The second kappa shape index (κ2) is 66.1. The first-order valence-electron chi connectivity index (χ1n) is 56.7. The van der Waals surface area contributed by atoms with Crippen molar-refractivity contribution in [2.24, 2.45) is 17.8 Å². The molecule has 12 aliphatic heterocycles. The molecule has 12 saturated heterocycles. The summed E-state index contributed by atoms with van der Waals surface area (Å²) in [7, 11) is 1.10. The smallest absolute Gasteiger partial charge is 0.358 e. The second-order valence-electron chi connectivity index (χ2n) is 49.6. The van der Waals surface area contributed by atoms with Gasteiger partial charge in [-0.25, -0.2) is 9.97 Å². The van der Waals surface area contributed by atoms with E-state index in [4.69, 9.17) is 9.97 Å². The van der Waals surface area contributed by atoms with E-state index in [1.165, 1.54) is 173 Å². The number of fused-ring (bicyclic) bond motifs is 2. The normalized spacial score (nSPS) is 34.3. The van der Waals surface area contributed by atoms with Gasteiger partial charge in [0.15, 0.2) is 5.40 Å². The maximum absolute atomic E-state index is 5.28. The molecule has 4 aromatic rings. The van der Waals surface area contributed by atoms with E-state index in [1.807, 2.05) is 21.2 Å². The van der Waals surface area contributed by atoms with E-state index in [-0.39, 0.29) is 200 Å². The van der Waals surface area contributed by atoms with Crippen LogP contribution in [0, 0.1) is 32.6 Å². The van der Waals surface area contributed by atoms with Gasteiger partial charge in [0.05, 0.1) is 179 Å². The Kier molecular flexibility index (Phi) is 66.1. The third-order valence-electron chi connectivity index (χ3n) is 38.4. The van der Waals surface area contributed by atoms with Gasteiger partial charge in [-0.05, 0) is 380 Å². The van der Waals surface area contributed by atoms with Gasteiger partial charge >= 0.3 is 17.1 Å². The molecule has 4 nitrogen and oxygen atoms in total. The Morgan fingerprint density at radius 3 is 0.757 bits per heavy atom. The maximum Gasteiger partial charge on any atom is 2.00 e. The van der Waals surface area contributed by atoms with Crippen molar-refractivity contribution in [1.29, 1.82) is 0 Å². The zero-order valence-corrected chi connectivity index (χ0v) is 117. The van der Waals surface area contributed by atoms with Crippen molar-refractivity contribution < 1.29 is 121 Å². The molecule has 0 radical (unpaired) electrons. The Hall–Kier alpha value is 5.79. The predicted octanol–water partition coefficient (Wildman–Crippen LogP) is 35.6. The number of aromatic nitrogens is 2. The molecule has 14 fully saturated rings. The van der Waals surface area contributed by atoms with Crippen LogP contribution in [0.5, 0.6) is 0 Å². The Labute approximate surface area is 959 Å². The van der Waals surface area contributed by atoms with Crippen molar-refractivity contribution in [2.45, 2.75) is 572 Å². The second-order valence-corrected chi connectivity index (χ2v) is 92.2. The van der Waals surface area contributed by atoms with Crippen LogP contribution < -0.4 is 21.5 Å². The molecule has 0 spiro atoms. The Balaban J connectivity index is 0.000000423. The Morgan fingerprint density at radius 1 is 0.286 bits per heavy atom. The molecule has 2 unspecified atom stereocenters. The minimum atomic E-state index is -0.596. The number of allylic oxidation sites excluding steroid dienone is 2. The molecule has 13 heterocycles. The number of hydrazine groups is 1. The van der Waals surface area contributed by atoms with E-state index in [0.717, 1.165) is 165 Å². The summed E-state index contributed by atoms with van der Waals surface area (Å²) in [6.07, 6.45) is 49.5. The molecule has 14 aliphatic rings. The molecule has 0 N–H and O–H groups in total. The van der Waals surface area contributed by atoms with Crippen molar-refractivity contribution >= 4 is 139 Å². The van der Waals surface area contributed by atoms with Crippen molar-refractivity contribution in [3.05, 3.63) is 86.1 Å². The third kappa shape index (κ3) is 34.7. The molecule has 140 heavy (non-hydrogen) atoms. The number of nitrogens with zero attached hydrogens (tertiary/aromatic N) is 4. The summed E-state index contributed by atoms with van der Waals surface area (Å²) in [5.74, 6) is 2.48. The molecular weight excluding hydrogens is 2200 g/mol. The first-order valence-corrected chi connectivity index (χ1v) is 76.8. The Bertz CT molecular complexity index is 3700. The van der Waals surface area contributed by atoms with Crippen LogP contribution >= 0.6 is 95.4 Å². The van der Waals surface area contributed by atoms with Crippen LogP contribution in [0.1, 0.15) is 420 Å². The van der Waals surface area contributed by atoms with E-state index < -0.39 is 31.7 Å². The summed E-state index contributed by atoms with van der Waals surface area (Å²) in [6.45, 7) is 76.0. The van der Waals surface area contributed by atoms with Crippen molar-refractivity contribution in [3.8, 4) is 0 Å². The van der Waals surface area contributed by atoms with Crippen LogP contribution in [-0.2, 0) is 121 Å². The molecule has 2 aliphatic carbocycles. The molecule has 3 aromatic carbocycles. The van der Waals surface area contributed by atoms with Crippen molar-refractivity contribution in [1.82, 2.24) is 19.5 Å². The van der Waals surface area contributed by atoms with E-state index in [1.54, 1.807) is 77.0 Å². The average molecular weight is 2420 g/mol. The summed E-state index contributed by atoms with van der Waals surface area (Å²) in [6, 6.07) is 22.9. The van der Waals surface area contributed by atoms with Crippen molar-refractivity contribution in [3.63, 3.8) is 0 Å². The zero-order valence-electron chi connectivity index (χ0n) is 96.0. The van der Waals surface area contributed by atoms with Crippen LogP contribution in [0.25, 0.3) is 21.8 Å². The number of hydrogen-bond donors (Lipinski definition) is 0. The summed E-state index contributed by atoms with van der Waals surface area (Å²) in [4.78, 5) is 10.6. The Morgan fingerprint density at radius 2 is 0.507 bits per heavy atom. The summed E-state index contributed by atoms with van der Waals surface area (Å²) in [5.41, 5.74) is 31.5. The first kappa shape index (κ1) is 140. The number of para-hydroxylation sites is 2. The fourth-order valence-corrected chi connectivity index (χ4v) is 88.0. The van der Waals surface area contributed by atoms with Gasteiger partial charge < -0.3 is 14.9 Å².